The van der Waals surface area contributed by atoms with Gasteiger partial charge in [-0.25, -0.2) is 4.98 Å². The lowest BCUT2D eigenvalue weighted by atomic mass is 10.3. The van der Waals surface area contributed by atoms with E-state index in [9.17, 15) is 0 Å². The minimum Gasteiger partial charge on any atom is -0.349 e. The third-order valence-electron chi connectivity index (χ3n) is 2.63. The first kappa shape index (κ1) is 14.6. The molecule has 0 fully saturated rings. The molecule has 0 bridgehead atoms. The average Bonchev–Trinajstić information content (AvgIpc) is 2.34. The van der Waals surface area contributed by atoms with Crippen LogP contribution in [-0.4, -0.2) is 28.6 Å². The Balaban J connectivity index is 2.70. The van der Waals surface area contributed by atoms with Crippen LogP contribution in [0.15, 0.2) is 25.0 Å². The standard InChI is InChI=1S/C14H24N4/c1-6-7-18(12(4)5)14-10-16-13(9-17-14)8-15-11(2)3/h6,9-12,15H,1,7-8H2,2-5H3. The summed E-state index contributed by atoms with van der Waals surface area (Å²) in [6.45, 7) is 13.8. The van der Waals surface area contributed by atoms with Crippen molar-refractivity contribution in [2.45, 2.75) is 46.3 Å². The lowest BCUT2D eigenvalue weighted by Gasteiger charge is -2.26. The van der Waals surface area contributed by atoms with Crippen molar-refractivity contribution in [1.29, 1.82) is 0 Å². The van der Waals surface area contributed by atoms with Crippen molar-refractivity contribution in [3.63, 3.8) is 0 Å². The molecule has 0 aliphatic heterocycles. The molecule has 0 saturated carbocycles. The molecule has 4 nitrogen and oxygen atoms in total. The molecule has 0 saturated heterocycles. The highest BCUT2D eigenvalue weighted by atomic mass is 15.2. The highest BCUT2D eigenvalue weighted by Gasteiger charge is 2.10. The van der Waals surface area contributed by atoms with Gasteiger partial charge in [0.05, 0.1) is 18.1 Å². The molecule has 0 unspecified atom stereocenters. The maximum Gasteiger partial charge on any atom is 0.147 e. The molecule has 1 rings (SSSR count). The molecular formula is C14H24N4. The molecule has 4 heteroatoms. The fraction of sp³-hybridized carbons (Fsp3) is 0.571. The second-order valence-corrected chi connectivity index (χ2v) is 4.94. The Kier molecular flexibility index (Phi) is 5.78. The van der Waals surface area contributed by atoms with Crippen molar-refractivity contribution in [1.82, 2.24) is 15.3 Å². The molecule has 0 amide bonds. The van der Waals surface area contributed by atoms with Gasteiger partial charge in [-0.15, -0.1) is 6.58 Å². The summed E-state index contributed by atoms with van der Waals surface area (Å²) >= 11 is 0. The number of hydrogen-bond acceptors (Lipinski definition) is 4. The van der Waals surface area contributed by atoms with Crippen LogP contribution in [0.5, 0.6) is 0 Å². The first-order valence-electron chi connectivity index (χ1n) is 6.46. The Morgan fingerprint density at radius 3 is 2.44 bits per heavy atom. The Morgan fingerprint density at radius 1 is 1.28 bits per heavy atom. The van der Waals surface area contributed by atoms with Crippen LogP contribution in [0.4, 0.5) is 5.82 Å². The largest absolute Gasteiger partial charge is 0.349 e. The summed E-state index contributed by atoms with van der Waals surface area (Å²) in [5.41, 5.74) is 0.967. The fourth-order valence-electron chi connectivity index (χ4n) is 1.60. The van der Waals surface area contributed by atoms with Crippen molar-refractivity contribution >= 4 is 5.82 Å². The number of nitrogens with one attached hydrogen (secondary N) is 1. The van der Waals surface area contributed by atoms with Gasteiger partial charge in [-0.1, -0.05) is 19.9 Å². The third kappa shape index (κ3) is 4.45. The zero-order valence-corrected chi connectivity index (χ0v) is 11.8. The van der Waals surface area contributed by atoms with Crippen LogP contribution in [-0.2, 0) is 6.54 Å². The van der Waals surface area contributed by atoms with Crippen LogP contribution in [0.25, 0.3) is 0 Å². The summed E-state index contributed by atoms with van der Waals surface area (Å²) in [6.07, 6.45) is 5.56. The summed E-state index contributed by atoms with van der Waals surface area (Å²) in [7, 11) is 0. The highest BCUT2D eigenvalue weighted by Crippen LogP contribution is 2.12. The first-order chi connectivity index (χ1) is 8.54. The highest BCUT2D eigenvalue weighted by molar-refractivity contribution is 5.37. The molecule has 1 heterocycles. The number of hydrogen-bond donors (Lipinski definition) is 1. The van der Waals surface area contributed by atoms with E-state index in [-0.39, 0.29) is 0 Å². The molecule has 1 aromatic heterocycles. The summed E-state index contributed by atoms with van der Waals surface area (Å²) in [4.78, 5) is 11.1. The van der Waals surface area contributed by atoms with E-state index in [0.717, 1.165) is 24.6 Å². The third-order valence-corrected chi connectivity index (χ3v) is 2.63. The van der Waals surface area contributed by atoms with E-state index in [2.05, 4.69) is 54.5 Å². The van der Waals surface area contributed by atoms with Crippen LogP contribution in [0.3, 0.4) is 0 Å². The average molecular weight is 248 g/mol. The van der Waals surface area contributed by atoms with Crippen LogP contribution in [0, 0.1) is 0 Å². The molecule has 0 atom stereocenters. The lowest BCUT2D eigenvalue weighted by molar-refractivity contribution is 0.579. The number of aromatic nitrogens is 2. The Hall–Kier alpha value is -1.42. The fourth-order valence-corrected chi connectivity index (χ4v) is 1.60. The topological polar surface area (TPSA) is 41.1 Å². The van der Waals surface area contributed by atoms with Crippen molar-refractivity contribution in [3.8, 4) is 0 Å². The summed E-state index contributed by atoms with van der Waals surface area (Å²) < 4.78 is 0. The van der Waals surface area contributed by atoms with E-state index < -0.39 is 0 Å². The monoisotopic (exact) mass is 248 g/mol. The van der Waals surface area contributed by atoms with Crippen LogP contribution < -0.4 is 10.2 Å². The number of anilines is 1. The summed E-state index contributed by atoms with van der Waals surface area (Å²) in [5.74, 6) is 0.901. The van der Waals surface area contributed by atoms with E-state index in [1.54, 1.807) is 0 Å². The molecule has 0 aliphatic rings. The van der Waals surface area contributed by atoms with Gasteiger partial charge in [0.15, 0.2) is 0 Å². The Bertz CT molecular complexity index is 357. The molecule has 0 radical (unpaired) electrons. The smallest absolute Gasteiger partial charge is 0.147 e. The second kappa shape index (κ2) is 7.11. The van der Waals surface area contributed by atoms with Gasteiger partial charge in [0.25, 0.3) is 0 Å². The Labute approximate surface area is 110 Å². The van der Waals surface area contributed by atoms with Crippen molar-refractivity contribution in [3.05, 3.63) is 30.7 Å². The normalized spacial score (nSPS) is 11.0. The van der Waals surface area contributed by atoms with Crippen LogP contribution in [0.1, 0.15) is 33.4 Å². The van der Waals surface area contributed by atoms with E-state index in [1.807, 2.05) is 18.5 Å². The minimum atomic E-state index is 0.386. The summed E-state index contributed by atoms with van der Waals surface area (Å²) in [5, 5.41) is 3.33. The van der Waals surface area contributed by atoms with Crippen molar-refractivity contribution in [2.24, 2.45) is 0 Å². The number of nitrogens with zero attached hydrogens (tertiary/aromatic N) is 3. The molecule has 100 valence electrons. The molecular weight excluding hydrogens is 224 g/mol. The maximum absolute atomic E-state index is 4.47. The molecule has 0 aliphatic carbocycles. The first-order valence-corrected chi connectivity index (χ1v) is 6.46. The lowest BCUT2D eigenvalue weighted by Crippen LogP contribution is -2.31. The van der Waals surface area contributed by atoms with Gasteiger partial charge in [0.2, 0.25) is 0 Å². The molecule has 0 spiro atoms. The van der Waals surface area contributed by atoms with Gasteiger partial charge in [0, 0.05) is 25.2 Å². The quantitative estimate of drug-likeness (QED) is 0.752. The zero-order chi connectivity index (χ0) is 13.5. The summed E-state index contributed by atoms with van der Waals surface area (Å²) in [6, 6.07) is 0.844. The van der Waals surface area contributed by atoms with Crippen LogP contribution in [0.2, 0.25) is 0 Å². The van der Waals surface area contributed by atoms with E-state index >= 15 is 0 Å². The van der Waals surface area contributed by atoms with Gasteiger partial charge in [-0.2, -0.15) is 0 Å². The minimum absolute atomic E-state index is 0.386. The van der Waals surface area contributed by atoms with Gasteiger partial charge in [-0.3, -0.25) is 4.98 Å². The van der Waals surface area contributed by atoms with E-state index in [4.69, 9.17) is 0 Å². The van der Waals surface area contributed by atoms with Crippen molar-refractivity contribution in [2.75, 3.05) is 11.4 Å². The maximum atomic E-state index is 4.47. The van der Waals surface area contributed by atoms with Gasteiger partial charge >= 0.3 is 0 Å². The van der Waals surface area contributed by atoms with Gasteiger partial charge in [0.1, 0.15) is 5.82 Å². The van der Waals surface area contributed by atoms with Crippen LogP contribution >= 0.6 is 0 Å². The van der Waals surface area contributed by atoms with E-state index in [1.165, 1.54) is 0 Å². The Morgan fingerprint density at radius 2 is 2.00 bits per heavy atom. The SMILES string of the molecule is C=CCN(c1cnc(CNC(C)C)cn1)C(C)C. The molecule has 1 aromatic rings. The predicted octanol–water partition coefficient (Wildman–Crippen LogP) is 2.38. The molecule has 18 heavy (non-hydrogen) atoms. The molecule has 0 aromatic carbocycles. The van der Waals surface area contributed by atoms with Gasteiger partial charge < -0.3 is 10.2 Å². The van der Waals surface area contributed by atoms with Gasteiger partial charge in [-0.05, 0) is 13.8 Å². The van der Waals surface area contributed by atoms with Crippen molar-refractivity contribution < 1.29 is 0 Å². The number of rotatable bonds is 7. The molecule has 1 N–H and O–H groups in total. The zero-order valence-electron chi connectivity index (χ0n) is 11.8. The predicted molar refractivity (Wildman–Crippen MR) is 76.7 cm³/mol. The second-order valence-electron chi connectivity index (χ2n) is 4.94. The van der Waals surface area contributed by atoms with E-state index in [0.29, 0.717) is 12.1 Å².